The van der Waals surface area contributed by atoms with Crippen LogP contribution in [0.15, 0.2) is 127 Å². The summed E-state index contributed by atoms with van der Waals surface area (Å²) in [6.45, 7) is 0. The van der Waals surface area contributed by atoms with Gasteiger partial charge < -0.3 is 4.74 Å². The first-order chi connectivity index (χ1) is 20.8. The van der Waals surface area contributed by atoms with Crippen LogP contribution in [0, 0.1) is 0 Å². The summed E-state index contributed by atoms with van der Waals surface area (Å²) in [5, 5.41) is 4.78. The molecular weight excluding hydrogens is 534 g/mol. The zero-order chi connectivity index (χ0) is 27.6. The molecule has 0 saturated carbocycles. The van der Waals surface area contributed by atoms with Gasteiger partial charge in [0.05, 0.1) is 0 Å². The number of fused-ring (bicyclic) bond motifs is 5. The fourth-order valence-electron chi connectivity index (χ4n) is 5.97. The Morgan fingerprint density at radius 3 is 2.10 bits per heavy atom. The SMILES string of the molecule is c1ccc(-c2nc(-c3ccc4c(c3)Oc3cccc5cccc-4c35)nc(-c3cccc4c3sc3ccccc34)n2)cc1. The lowest BCUT2D eigenvalue weighted by Crippen LogP contribution is -2.01. The maximum atomic E-state index is 6.46. The van der Waals surface area contributed by atoms with E-state index in [-0.39, 0.29) is 0 Å². The Balaban J connectivity index is 1.25. The van der Waals surface area contributed by atoms with Gasteiger partial charge in [-0.15, -0.1) is 11.3 Å². The molecule has 196 valence electrons. The topological polar surface area (TPSA) is 47.9 Å². The molecule has 0 bridgehead atoms. The molecule has 0 saturated heterocycles. The van der Waals surface area contributed by atoms with E-state index in [2.05, 4.69) is 84.9 Å². The molecule has 0 N–H and O–H groups in total. The van der Waals surface area contributed by atoms with E-state index in [0.29, 0.717) is 17.5 Å². The van der Waals surface area contributed by atoms with Gasteiger partial charge in [-0.3, -0.25) is 0 Å². The Morgan fingerprint density at radius 1 is 0.476 bits per heavy atom. The van der Waals surface area contributed by atoms with Crippen LogP contribution >= 0.6 is 11.3 Å². The smallest absolute Gasteiger partial charge is 0.165 e. The van der Waals surface area contributed by atoms with Crippen molar-refractivity contribution in [1.82, 2.24) is 15.0 Å². The predicted molar refractivity (Wildman–Crippen MR) is 172 cm³/mol. The van der Waals surface area contributed by atoms with E-state index in [0.717, 1.165) is 39.1 Å². The number of rotatable bonds is 3. The fraction of sp³-hybridized carbons (Fsp3) is 0. The summed E-state index contributed by atoms with van der Waals surface area (Å²) in [4.78, 5) is 15.1. The van der Waals surface area contributed by atoms with Crippen molar-refractivity contribution in [2.45, 2.75) is 0 Å². The van der Waals surface area contributed by atoms with Crippen LogP contribution in [-0.2, 0) is 0 Å². The van der Waals surface area contributed by atoms with E-state index in [1.165, 1.54) is 31.1 Å². The number of benzene rings is 6. The molecule has 8 aromatic rings. The monoisotopic (exact) mass is 555 g/mol. The third-order valence-corrected chi connectivity index (χ3v) is 9.15. The Kier molecular flexibility index (Phi) is 5.03. The van der Waals surface area contributed by atoms with Crippen molar-refractivity contribution in [2.75, 3.05) is 0 Å². The van der Waals surface area contributed by atoms with E-state index >= 15 is 0 Å². The molecule has 5 heteroatoms. The quantitative estimate of drug-likeness (QED) is 0.218. The van der Waals surface area contributed by atoms with Gasteiger partial charge in [-0.2, -0.15) is 0 Å². The summed E-state index contributed by atoms with van der Waals surface area (Å²) in [5.41, 5.74) is 5.07. The summed E-state index contributed by atoms with van der Waals surface area (Å²) in [6, 6.07) is 43.8. The molecule has 0 amide bonds. The minimum Gasteiger partial charge on any atom is -0.456 e. The molecule has 0 aliphatic carbocycles. The number of hydrogen-bond donors (Lipinski definition) is 0. The summed E-state index contributed by atoms with van der Waals surface area (Å²) in [5.74, 6) is 3.58. The third-order valence-electron chi connectivity index (χ3n) is 7.93. The van der Waals surface area contributed by atoms with Crippen molar-refractivity contribution in [3.05, 3.63) is 127 Å². The number of thiophene rings is 1. The highest BCUT2D eigenvalue weighted by Crippen LogP contribution is 2.47. The predicted octanol–water partition coefficient (Wildman–Crippen LogP) is 10.2. The van der Waals surface area contributed by atoms with Gasteiger partial charge in [0.15, 0.2) is 17.5 Å². The molecule has 42 heavy (non-hydrogen) atoms. The minimum absolute atomic E-state index is 0.612. The summed E-state index contributed by atoms with van der Waals surface area (Å²) in [7, 11) is 0. The average Bonchev–Trinajstić information content (AvgIpc) is 3.44. The van der Waals surface area contributed by atoms with Crippen molar-refractivity contribution in [1.29, 1.82) is 0 Å². The van der Waals surface area contributed by atoms with Crippen LogP contribution in [0.5, 0.6) is 11.5 Å². The van der Waals surface area contributed by atoms with Gasteiger partial charge in [0.25, 0.3) is 0 Å². The second-order valence-corrected chi connectivity index (χ2v) is 11.5. The van der Waals surface area contributed by atoms with Crippen LogP contribution in [0.25, 0.3) is 76.2 Å². The first-order valence-electron chi connectivity index (χ1n) is 13.9. The highest BCUT2D eigenvalue weighted by Gasteiger charge is 2.22. The number of hydrogen-bond acceptors (Lipinski definition) is 5. The molecule has 3 heterocycles. The first-order valence-corrected chi connectivity index (χ1v) is 14.7. The average molecular weight is 556 g/mol. The van der Waals surface area contributed by atoms with E-state index in [1.807, 2.05) is 42.5 Å². The van der Waals surface area contributed by atoms with Gasteiger partial charge in [-0.25, -0.2) is 15.0 Å². The molecule has 0 atom stereocenters. The van der Waals surface area contributed by atoms with Crippen LogP contribution in [0.3, 0.4) is 0 Å². The highest BCUT2D eigenvalue weighted by atomic mass is 32.1. The van der Waals surface area contributed by atoms with E-state index in [1.54, 1.807) is 11.3 Å². The molecule has 0 spiro atoms. The van der Waals surface area contributed by atoms with Crippen molar-refractivity contribution >= 4 is 42.3 Å². The molecule has 1 aliphatic heterocycles. The summed E-state index contributed by atoms with van der Waals surface area (Å²) in [6.07, 6.45) is 0. The van der Waals surface area contributed by atoms with E-state index in [9.17, 15) is 0 Å². The number of aromatic nitrogens is 3. The van der Waals surface area contributed by atoms with Crippen molar-refractivity contribution < 1.29 is 4.74 Å². The van der Waals surface area contributed by atoms with Gasteiger partial charge in [0.1, 0.15) is 11.5 Å². The van der Waals surface area contributed by atoms with E-state index in [4.69, 9.17) is 19.7 Å². The third kappa shape index (κ3) is 3.57. The molecule has 4 nitrogen and oxygen atoms in total. The number of nitrogens with zero attached hydrogens (tertiary/aromatic N) is 3. The molecule has 6 aromatic carbocycles. The lowest BCUT2D eigenvalue weighted by Gasteiger charge is -2.21. The van der Waals surface area contributed by atoms with Crippen molar-refractivity contribution in [3.8, 4) is 56.8 Å². The van der Waals surface area contributed by atoms with Gasteiger partial charge in [-0.1, -0.05) is 97.1 Å². The van der Waals surface area contributed by atoms with Crippen LogP contribution < -0.4 is 4.74 Å². The number of ether oxygens (including phenoxy) is 1. The normalized spacial score (nSPS) is 12.0. The maximum Gasteiger partial charge on any atom is 0.165 e. The van der Waals surface area contributed by atoms with Crippen LogP contribution in [-0.4, -0.2) is 15.0 Å². The molecule has 1 aliphatic rings. The lowest BCUT2D eigenvalue weighted by molar-refractivity contribution is 0.487. The zero-order valence-corrected chi connectivity index (χ0v) is 23.1. The van der Waals surface area contributed by atoms with Gasteiger partial charge in [0, 0.05) is 47.8 Å². The Labute approximate surface area is 245 Å². The van der Waals surface area contributed by atoms with Gasteiger partial charge >= 0.3 is 0 Å². The zero-order valence-electron chi connectivity index (χ0n) is 22.3. The first kappa shape index (κ1) is 23.3. The lowest BCUT2D eigenvalue weighted by atomic mass is 9.94. The Hall–Kier alpha value is -5.39. The Bertz CT molecular complexity index is 2340. The minimum atomic E-state index is 0.612. The molecule has 9 rings (SSSR count). The Morgan fingerprint density at radius 2 is 1.19 bits per heavy atom. The van der Waals surface area contributed by atoms with Crippen molar-refractivity contribution in [2.24, 2.45) is 0 Å². The van der Waals surface area contributed by atoms with Crippen LogP contribution in [0.2, 0.25) is 0 Å². The van der Waals surface area contributed by atoms with Gasteiger partial charge in [-0.05, 0) is 41.3 Å². The molecule has 0 fully saturated rings. The molecule has 0 radical (unpaired) electrons. The van der Waals surface area contributed by atoms with Crippen LogP contribution in [0.1, 0.15) is 0 Å². The molecular formula is C37H21N3OS. The van der Waals surface area contributed by atoms with E-state index < -0.39 is 0 Å². The molecule has 2 aromatic heterocycles. The second kappa shape index (κ2) is 9.06. The highest BCUT2D eigenvalue weighted by molar-refractivity contribution is 7.26. The molecule has 0 unspecified atom stereocenters. The largest absolute Gasteiger partial charge is 0.456 e. The second-order valence-electron chi connectivity index (χ2n) is 10.4. The maximum absolute atomic E-state index is 6.46. The summed E-state index contributed by atoms with van der Waals surface area (Å²) < 4.78 is 8.89. The van der Waals surface area contributed by atoms with Crippen molar-refractivity contribution in [3.63, 3.8) is 0 Å². The van der Waals surface area contributed by atoms with Crippen LogP contribution in [0.4, 0.5) is 0 Å². The summed E-state index contributed by atoms with van der Waals surface area (Å²) >= 11 is 1.78. The fourth-order valence-corrected chi connectivity index (χ4v) is 7.18. The standard InChI is InChI=1S/C37H21N3OS/c1-2-9-23(10-3-1)35-38-36(40-37(39-35)29-16-8-15-28-26-13-4-5-18-32(26)42-34(28)29)24-19-20-25-27-14-6-11-22-12-7-17-30(33(22)27)41-31(25)21-24/h1-21H. The van der Waals surface area contributed by atoms with Gasteiger partial charge in [0.2, 0.25) is 0 Å².